The van der Waals surface area contributed by atoms with Crippen LogP contribution in [0.1, 0.15) is 11.1 Å². The first-order chi connectivity index (χ1) is 34.3. The Morgan fingerprint density at radius 2 is 1.00 bits per heavy atom. The molecule has 0 radical (unpaired) electrons. The third-order valence-corrected chi connectivity index (χ3v) is 14.1. The van der Waals surface area contributed by atoms with E-state index in [2.05, 4.69) is 24.7 Å². The van der Waals surface area contributed by atoms with Crippen LogP contribution in [0.5, 0.6) is 0 Å². The molecule has 0 unspecified atom stereocenters. The van der Waals surface area contributed by atoms with Gasteiger partial charge in [0, 0.05) is 110 Å². The molecule has 362 valence electrons. The van der Waals surface area contributed by atoms with Gasteiger partial charge in [-0.25, -0.2) is 26.3 Å². The molecule has 0 aliphatic heterocycles. The summed E-state index contributed by atoms with van der Waals surface area (Å²) in [6.45, 7) is 2.51. The van der Waals surface area contributed by atoms with Gasteiger partial charge in [-0.3, -0.25) is 30.2 Å². The zero-order chi connectivity index (χ0) is 50.2. The van der Waals surface area contributed by atoms with Crippen LogP contribution in [0.3, 0.4) is 0 Å². The molecule has 2 aromatic heterocycles. The van der Waals surface area contributed by atoms with Gasteiger partial charge in [0.05, 0.1) is 19.6 Å². The average molecular weight is 991 g/mol. The molecule has 3 N–H and O–H groups in total. The van der Waals surface area contributed by atoms with Crippen molar-refractivity contribution in [2.75, 3.05) is 46.3 Å². The summed E-state index contributed by atoms with van der Waals surface area (Å²) in [6.07, 6.45) is 14.0. The number of sulfonamides is 2. The second-order valence-corrected chi connectivity index (χ2v) is 19.6. The van der Waals surface area contributed by atoms with Gasteiger partial charge in [-0.2, -0.15) is 0 Å². The zero-order valence-corrected chi connectivity index (χ0v) is 40.2. The van der Waals surface area contributed by atoms with Crippen LogP contribution < -0.4 is 14.8 Å². The predicted octanol–water partition coefficient (Wildman–Crippen LogP) is 9.12. The van der Waals surface area contributed by atoms with Gasteiger partial charge in [0.25, 0.3) is 11.4 Å². The number of benzene rings is 6. The van der Waals surface area contributed by atoms with Gasteiger partial charge >= 0.3 is 0 Å². The van der Waals surface area contributed by atoms with Crippen molar-refractivity contribution >= 4 is 65.1 Å². The Morgan fingerprint density at radius 1 is 0.549 bits per heavy atom. The number of non-ortho nitro benzene ring substituents is 2. The first-order valence-corrected chi connectivity index (χ1v) is 25.3. The summed E-state index contributed by atoms with van der Waals surface area (Å²) in [5, 5.41) is 27.4. The van der Waals surface area contributed by atoms with Gasteiger partial charge in [0.1, 0.15) is 0 Å². The minimum absolute atomic E-state index is 0.0471. The Kier molecular flexibility index (Phi) is 17.3. The van der Waals surface area contributed by atoms with E-state index < -0.39 is 29.9 Å². The van der Waals surface area contributed by atoms with E-state index in [1.807, 2.05) is 109 Å². The monoisotopic (exact) mass is 990 g/mol. The molecular weight excluding hydrogens is 941 g/mol. The van der Waals surface area contributed by atoms with Crippen LogP contribution in [-0.2, 0) is 20.0 Å². The van der Waals surface area contributed by atoms with Crippen LogP contribution in [0.2, 0.25) is 0 Å². The first kappa shape index (κ1) is 51.0. The maximum absolute atomic E-state index is 13.3. The smallest absolute Gasteiger partial charge is 0.269 e. The van der Waals surface area contributed by atoms with Gasteiger partial charge in [-0.05, 0) is 101 Å². The molecule has 0 aliphatic rings. The summed E-state index contributed by atoms with van der Waals surface area (Å²) in [6, 6.07) is 42.5. The lowest BCUT2D eigenvalue weighted by atomic mass is 10.0. The molecule has 8 rings (SSSR count). The molecule has 0 spiro atoms. The zero-order valence-electron chi connectivity index (χ0n) is 38.5. The summed E-state index contributed by atoms with van der Waals surface area (Å²) in [5.74, 6) is 0. The molecular formula is C53H50N8O8S2. The third-order valence-electron chi connectivity index (χ3n) is 11.1. The Hall–Kier alpha value is -7.84. The van der Waals surface area contributed by atoms with E-state index in [4.69, 9.17) is 0 Å². The van der Waals surface area contributed by atoms with Crippen molar-refractivity contribution in [2.24, 2.45) is 0 Å². The molecule has 0 aliphatic carbocycles. The normalized spacial score (nSPS) is 11.9. The van der Waals surface area contributed by atoms with Crippen molar-refractivity contribution in [3.63, 3.8) is 0 Å². The van der Waals surface area contributed by atoms with Crippen molar-refractivity contribution in [3.8, 4) is 22.3 Å². The first-order valence-electron chi connectivity index (χ1n) is 22.3. The van der Waals surface area contributed by atoms with Crippen molar-refractivity contribution < 1.29 is 26.7 Å². The Morgan fingerprint density at radius 3 is 1.46 bits per heavy atom. The summed E-state index contributed by atoms with van der Waals surface area (Å²) < 4.78 is 58.3. The van der Waals surface area contributed by atoms with Gasteiger partial charge in [-0.15, -0.1) is 0 Å². The van der Waals surface area contributed by atoms with Gasteiger partial charge in [-0.1, -0.05) is 85.0 Å². The molecule has 0 fully saturated rings. The lowest BCUT2D eigenvalue weighted by Crippen LogP contribution is -2.33. The number of fused-ring (bicyclic) bond motifs is 2. The molecule has 0 amide bonds. The summed E-state index contributed by atoms with van der Waals surface area (Å²) in [4.78, 5) is 31.3. The van der Waals surface area contributed by atoms with Gasteiger partial charge in [0.2, 0.25) is 20.0 Å². The fourth-order valence-electron chi connectivity index (χ4n) is 7.44. The second-order valence-electron chi connectivity index (χ2n) is 16.1. The maximum Gasteiger partial charge on any atom is 0.269 e. The fourth-order valence-corrected chi connectivity index (χ4v) is 10.00. The number of nitrogens with one attached hydrogen (secondary N) is 3. The van der Waals surface area contributed by atoms with Crippen molar-refractivity contribution in [2.45, 2.75) is 9.79 Å². The Balaban J connectivity index is 0.000000209. The van der Waals surface area contributed by atoms with Gasteiger partial charge < -0.3 is 10.2 Å². The summed E-state index contributed by atoms with van der Waals surface area (Å²) in [7, 11) is -5.63. The standard InChI is InChI=1S/C27H26N4O4S.C26H24N4O4S/c1-30(16-5-6-21-9-11-25(12-10-21)31(32)33)17-15-29-36(34,35)27-19-23(22-7-3-2-4-8-22)18-24-20-28-14-13-26(24)27;31-30(32)24-10-8-20(9-11-24)5-4-13-27-15-16-29-35(33,34)26-18-22(21-6-2-1-3-7-21)17-23-19-28-14-12-25(23)26/h2-14,18-20,29H,15-17H2,1H3;1-12,14,17-19,27,29H,13,15-16H2/b6-5+;5-4+. The molecule has 18 heteroatoms. The second kappa shape index (κ2) is 24.1. The third kappa shape index (κ3) is 14.1. The van der Waals surface area contributed by atoms with Gasteiger partial charge in [0.15, 0.2) is 0 Å². The number of nitro groups is 2. The number of rotatable bonds is 20. The molecule has 0 bridgehead atoms. The molecule has 0 atom stereocenters. The van der Waals surface area contributed by atoms with Crippen molar-refractivity contribution in [1.29, 1.82) is 0 Å². The molecule has 0 saturated carbocycles. The Bertz CT molecular complexity index is 3400. The number of hydrogen-bond donors (Lipinski definition) is 3. The number of nitro benzene ring substituents is 2. The molecule has 16 nitrogen and oxygen atoms in total. The van der Waals surface area contributed by atoms with E-state index in [0.717, 1.165) is 44.2 Å². The quantitative estimate of drug-likeness (QED) is 0.0370. The van der Waals surface area contributed by atoms with Crippen LogP contribution >= 0.6 is 0 Å². The van der Waals surface area contributed by atoms with Crippen LogP contribution in [-0.4, -0.2) is 87.9 Å². The van der Waals surface area contributed by atoms with Crippen LogP contribution in [0, 0.1) is 20.2 Å². The molecule has 6 aromatic carbocycles. The molecule has 8 aromatic rings. The van der Waals surface area contributed by atoms with Crippen LogP contribution in [0.25, 0.3) is 56.0 Å². The van der Waals surface area contributed by atoms with E-state index in [-0.39, 0.29) is 34.3 Å². The fraction of sp³-hybridized carbons (Fsp3) is 0.132. The largest absolute Gasteiger partial charge is 0.312 e. The highest BCUT2D eigenvalue weighted by Gasteiger charge is 2.21. The number of pyridine rings is 2. The highest BCUT2D eigenvalue weighted by molar-refractivity contribution is 7.90. The SMILES string of the molecule is CN(C/C=C/c1ccc([N+](=O)[O-])cc1)CCNS(=O)(=O)c1cc(-c2ccccc2)cc2cnccc12.O=[N+]([O-])c1ccc(/C=C/CNCCNS(=O)(=O)c2cc(-c3ccccc3)cc3cnccc23)cc1. The molecule has 0 saturated heterocycles. The molecule has 71 heavy (non-hydrogen) atoms. The van der Waals surface area contributed by atoms with E-state index in [9.17, 15) is 37.1 Å². The number of aromatic nitrogens is 2. The minimum Gasteiger partial charge on any atom is -0.312 e. The number of hydrogen-bond acceptors (Lipinski definition) is 12. The minimum atomic E-state index is -3.77. The van der Waals surface area contributed by atoms with Crippen molar-refractivity contribution in [3.05, 3.63) is 214 Å². The maximum atomic E-state index is 13.3. The van der Waals surface area contributed by atoms with Crippen LogP contribution in [0.15, 0.2) is 192 Å². The van der Waals surface area contributed by atoms with E-state index in [0.29, 0.717) is 37.0 Å². The Labute approximate surface area is 411 Å². The highest BCUT2D eigenvalue weighted by atomic mass is 32.2. The number of nitrogens with zero attached hydrogens (tertiary/aromatic N) is 5. The highest BCUT2D eigenvalue weighted by Crippen LogP contribution is 2.31. The molecule has 2 heterocycles. The van der Waals surface area contributed by atoms with E-state index in [1.165, 1.54) is 24.3 Å². The average Bonchev–Trinajstić information content (AvgIpc) is 3.38. The van der Waals surface area contributed by atoms with Crippen LogP contribution in [0.4, 0.5) is 11.4 Å². The van der Waals surface area contributed by atoms with Crippen molar-refractivity contribution in [1.82, 2.24) is 29.6 Å². The lowest BCUT2D eigenvalue weighted by Gasteiger charge is -2.16. The lowest BCUT2D eigenvalue weighted by molar-refractivity contribution is -0.385. The van der Waals surface area contributed by atoms with E-state index in [1.54, 1.807) is 73.3 Å². The van der Waals surface area contributed by atoms with E-state index >= 15 is 0 Å². The predicted molar refractivity (Wildman–Crippen MR) is 279 cm³/mol. The summed E-state index contributed by atoms with van der Waals surface area (Å²) >= 11 is 0. The number of likely N-dealkylation sites (N-methyl/N-ethyl adjacent to an activating group) is 1. The topological polar surface area (TPSA) is 220 Å². The summed E-state index contributed by atoms with van der Waals surface area (Å²) in [5.41, 5.74) is 5.27.